The molecule has 2 heteroatoms. The second-order valence-corrected chi connectivity index (χ2v) is 14.5. The number of hydrogen-bond acceptors (Lipinski definition) is 2. The molecule has 2 heterocycles. The van der Waals surface area contributed by atoms with E-state index in [-0.39, 0.29) is 12.0 Å². The van der Waals surface area contributed by atoms with Crippen LogP contribution in [0.3, 0.4) is 0 Å². The van der Waals surface area contributed by atoms with Gasteiger partial charge >= 0.3 is 0 Å². The number of aliphatic imine (C=N–C) groups is 1. The molecule has 0 spiro atoms. The number of hydrogen-bond donors (Lipinski definition) is 0. The number of allylic oxidation sites excluding steroid dienone is 1. The van der Waals surface area contributed by atoms with Gasteiger partial charge in [-0.05, 0) is 112 Å². The molecular formula is C52H34N2. The number of pyridine rings is 1. The van der Waals surface area contributed by atoms with Crippen LogP contribution in [-0.4, -0.2) is 11.2 Å². The van der Waals surface area contributed by atoms with Crippen LogP contribution in [0, 0.1) is 5.92 Å². The molecule has 0 radical (unpaired) electrons. The monoisotopic (exact) mass is 686 g/mol. The van der Waals surface area contributed by atoms with E-state index >= 15 is 0 Å². The maximum Gasteiger partial charge on any atom is 0.102 e. The normalized spacial score (nSPS) is 15.9. The van der Waals surface area contributed by atoms with Crippen molar-refractivity contribution in [1.82, 2.24) is 4.98 Å². The van der Waals surface area contributed by atoms with Crippen molar-refractivity contribution in [2.24, 2.45) is 10.9 Å². The lowest BCUT2D eigenvalue weighted by Crippen LogP contribution is -2.16. The summed E-state index contributed by atoms with van der Waals surface area (Å²) in [5.74, 6) is 0.256. The van der Waals surface area contributed by atoms with Gasteiger partial charge in [0.2, 0.25) is 0 Å². The van der Waals surface area contributed by atoms with Gasteiger partial charge in [-0.15, -0.1) is 0 Å². The van der Waals surface area contributed by atoms with Crippen LogP contribution >= 0.6 is 0 Å². The summed E-state index contributed by atoms with van der Waals surface area (Å²) in [6.45, 7) is 0. The summed E-state index contributed by atoms with van der Waals surface area (Å²) in [5.41, 5.74) is 11.6. The van der Waals surface area contributed by atoms with Crippen molar-refractivity contribution in [2.45, 2.75) is 6.04 Å². The van der Waals surface area contributed by atoms with E-state index in [0.29, 0.717) is 0 Å². The van der Waals surface area contributed by atoms with Crippen LogP contribution in [-0.2, 0) is 0 Å². The molecular weight excluding hydrogens is 653 g/mol. The fraction of sp³-hybridized carbons (Fsp3) is 0.0385. The summed E-state index contributed by atoms with van der Waals surface area (Å²) in [7, 11) is 0. The van der Waals surface area contributed by atoms with E-state index in [1.807, 2.05) is 12.3 Å². The Hall–Kier alpha value is -6.90. The summed E-state index contributed by atoms with van der Waals surface area (Å²) in [6, 6.07) is 60.3. The summed E-state index contributed by atoms with van der Waals surface area (Å²) < 4.78 is 0. The lowest BCUT2D eigenvalue weighted by molar-refractivity contribution is 0.594. The second kappa shape index (κ2) is 12.4. The highest BCUT2D eigenvalue weighted by Gasteiger charge is 2.27. The third-order valence-corrected chi connectivity index (χ3v) is 11.4. The molecule has 0 saturated carbocycles. The predicted molar refractivity (Wildman–Crippen MR) is 229 cm³/mol. The zero-order valence-corrected chi connectivity index (χ0v) is 29.5. The van der Waals surface area contributed by atoms with Gasteiger partial charge in [-0.2, -0.15) is 0 Å². The summed E-state index contributed by atoms with van der Waals surface area (Å²) in [4.78, 5) is 10.0. The van der Waals surface area contributed by atoms with Gasteiger partial charge in [0.05, 0.1) is 11.4 Å². The Morgan fingerprint density at radius 2 is 1.02 bits per heavy atom. The van der Waals surface area contributed by atoms with Crippen LogP contribution in [0.2, 0.25) is 0 Å². The van der Waals surface area contributed by atoms with Crippen molar-refractivity contribution in [1.29, 1.82) is 0 Å². The Kier molecular flexibility index (Phi) is 7.03. The second-order valence-electron chi connectivity index (χ2n) is 14.5. The summed E-state index contributed by atoms with van der Waals surface area (Å²) in [5, 5.41) is 9.96. The van der Waals surface area contributed by atoms with Crippen molar-refractivity contribution in [2.75, 3.05) is 0 Å². The Bertz CT molecular complexity index is 2920. The Morgan fingerprint density at radius 3 is 1.67 bits per heavy atom. The zero-order valence-electron chi connectivity index (χ0n) is 29.5. The number of fused-ring (bicyclic) bond motifs is 7. The van der Waals surface area contributed by atoms with Crippen molar-refractivity contribution in [3.8, 4) is 44.6 Å². The molecule has 0 amide bonds. The molecule has 2 atom stereocenters. The van der Waals surface area contributed by atoms with Crippen LogP contribution in [0.4, 0.5) is 0 Å². The molecule has 1 aromatic heterocycles. The van der Waals surface area contributed by atoms with E-state index in [2.05, 4.69) is 182 Å². The summed E-state index contributed by atoms with van der Waals surface area (Å²) >= 11 is 0. The number of aromatic nitrogens is 1. The predicted octanol–water partition coefficient (Wildman–Crippen LogP) is 13.7. The van der Waals surface area contributed by atoms with Crippen molar-refractivity contribution >= 4 is 55.4 Å². The first-order valence-electron chi connectivity index (χ1n) is 18.7. The average molecular weight is 687 g/mol. The largest absolute Gasteiger partial charge is 0.282 e. The Balaban J connectivity index is 1.11. The number of nitrogens with zero attached hydrogens (tertiary/aromatic N) is 2. The van der Waals surface area contributed by atoms with Crippen LogP contribution in [0.25, 0.3) is 93.8 Å². The standard InChI is InChI=1S/C52H34N2/c1-3-10-39-30-41(25-17-33(39)8-1)43-13-5-15-45-47(43)32-48-44(42-26-18-34-9-2-4-11-40(34)31-42)14-6-16-46(48)50(45)36-21-19-35(20-22-36)49-28-27-38-24-23-37-12-7-29-53-51(37)52(38)54-49/h1-32,37,51H. The molecule has 11 rings (SSSR count). The molecule has 1 aliphatic heterocycles. The van der Waals surface area contributed by atoms with Gasteiger partial charge in [0.25, 0.3) is 0 Å². The SMILES string of the molecule is C1=CC2C=Cc3ccc(-c4ccc(-c5c6cccc(-c7ccc8ccccc8c7)c6cc6c(-c7ccc8ccccc8c7)cccc56)cc4)nc3C2N=C1. The van der Waals surface area contributed by atoms with Crippen molar-refractivity contribution in [3.63, 3.8) is 0 Å². The van der Waals surface area contributed by atoms with E-state index < -0.39 is 0 Å². The first-order chi connectivity index (χ1) is 26.7. The van der Waals surface area contributed by atoms with Crippen LogP contribution in [0.15, 0.2) is 187 Å². The molecule has 252 valence electrons. The molecule has 0 N–H and O–H groups in total. The maximum atomic E-state index is 5.20. The van der Waals surface area contributed by atoms with Gasteiger partial charge in [0.15, 0.2) is 0 Å². The smallest absolute Gasteiger partial charge is 0.102 e. The molecule has 0 saturated heterocycles. The Morgan fingerprint density at radius 1 is 0.426 bits per heavy atom. The molecule has 0 bridgehead atoms. The zero-order chi connectivity index (χ0) is 35.6. The van der Waals surface area contributed by atoms with Crippen LogP contribution in [0.1, 0.15) is 17.3 Å². The van der Waals surface area contributed by atoms with Gasteiger partial charge in [0.1, 0.15) is 6.04 Å². The highest BCUT2D eigenvalue weighted by molar-refractivity contribution is 6.19. The molecule has 54 heavy (non-hydrogen) atoms. The van der Waals surface area contributed by atoms with Crippen LogP contribution in [0.5, 0.6) is 0 Å². The van der Waals surface area contributed by atoms with E-state index in [1.165, 1.54) is 76.5 Å². The van der Waals surface area contributed by atoms with Gasteiger partial charge < -0.3 is 0 Å². The van der Waals surface area contributed by atoms with Gasteiger partial charge in [-0.25, -0.2) is 4.98 Å². The fourth-order valence-corrected chi connectivity index (χ4v) is 8.69. The van der Waals surface area contributed by atoms with E-state index in [4.69, 9.17) is 9.98 Å². The molecule has 2 unspecified atom stereocenters. The quantitative estimate of drug-likeness (QED) is 0.169. The fourth-order valence-electron chi connectivity index (χ4n) is 8.69. The molecule has 1 aliphatic carbocycles. The third kappa shape index (κ3) is 5.03. The lowest BCUT2D eigenvalue weighted by atomic mass is 9.85. The summed E-state index contributed by atoms with van der Waals surface area (Å²) in [6.07, 6.45) is 10.6. The Labute approximate surface area is 314 Å². The first kappa shape index (κ1) is 30.7. The average Bonchev–Trinajstić information content (AvgIpc) is 3.24. The molecule has 8 aromatic carbocycles. The minimum absolute atomic E-state index is 0.0323. The minimum atomic E-state index is 0.0323. The van der Waals surface area contributed by atoms with Gasteiger partial charge in [0, 0.05) is 17.7 Å². The van der Waals surface area contributed by atoms with Gasteiger partial charge in [-0.1, -0.05) is 158 Å². The van der Waals surface area contributed by atoms with Crippen molar-refractivity contribution in [3.05, 3.63) is 193 Å². The van der Waals surface area contributed by atoms with E-state index in [0.717, 1.165) is 22.5 Å². The van der Waals surface area contributed by atoms with Crippen molar-refractivity contribution < 1.29 is 0 Å². The minimum Gasteiger partial charge on any atom is -0.282 e. The first-order valence-corrected chi connectivity index (χ1v) is 18.7. The maximum absolute atomic E-state index is 5.20. The highest BCUT2D eigenvalue weighted by Crippen LogP contribution is 2.44. The number of rotatable bonds is 4. The van der Waals surface area contributed by atoms with E-state index in [1.54, 1.807) is 0 Å². The molecule has 2 nitrogen and oxygen atoms in total. The topological polar surface area (TPSA) is 25.2 Å². The highest BCUT2D eigenvalue weighted by atomic mass is 14.9. The lowest BCUT2D eigenvalue weighted by Gasteiger charge is -2.26. The number of benzene rings is 8. The molecule has 9 aromatic rings. The van der Waals surface area contributed by atoms with Gasteiger partial charge in [-0.3, -0.25) is 4.99 Å². The van der Waals surface area contributed by atoms with Crippen LogP contribution < -0.4 is 0 Å². The molecule has 0 fully saturated rings. The third-order valence-electron chi connectivity index (χ3n) is 11.4. The number of dihydropyridines is 1. The molecule has 2 aliphatic rings. The van der Waals surface area contributed by atoms with E-state index in [9.17, 15) is 0 Å².